The van der Waals surface area contributed by atoms with Crippen LogP contribution in [0.5, 0.6) is 11.5 Å². The summed E-state index contributed by atoms with van der Waals surface area (Å²) >= 11 is 0. The Bertz CT molecular complexity index is 1910. The van der Waals surface area contributed by atoms with Crippen molar-refractivity contribution >= 4 is 10.8 Å². The van der Waals surface area contributed by atoms with Crippen LogP contribution in [0.3, 0.4) is 0 Å². The Kier molecular flexibility index (Phi) is 4.35. The van der Waals surface area contributed by atoms with E-state index in [-0.39, 0.29) is 5.41 Å². The second kappa shape index (κ2) is 7.69. The number of ether oxygens (including phenoxy) is 1. The topological polar surface area (TPSA) is 9.23 Å². The highest BCUT2D eigenvalue weighted by Crippen LogP contribution is 2.54. The normalized spacial score (nSPS) is 13.9. The number of para-hydroxylation sites is 1. The van der Waals surface area contributed by atoms with Gasteiger partial charge in [-0.3, -0.25) is 0 Å². The van der Waals surface area contributed by atoms with Crippen molar-refractivity contribution in [1.29, 1.82) is 0 Å². The van der Waals surface area contributed by atoms with Crippen LogP contribution in [-0.4, -0.2) is 0 Å². The smallest absolute Gasteiger partial charge is 0.136 e. The molecular weight excluding hydrogens is 460 g/mol. The molecule has 2 aliphatic rings. The third-order valence-corrected chi connectivity index (χ3v) is 8.48. The first-order chi connectivity index (χ1) is 18.6. The molecule has 1 nitrogen and oxygen atoms in total. The predicted octanol–water partition coefficient (Wildman–Crippen LogP) is 10.3. The summed E-state index contributed by atoms with van der Waals surface area (Å²) < 4.78 is 6.55. The van der Waals surface area contributed by atoms with Gasteiger partial charge in [0.05, 0.1) is 0 Å². The van der Waals surface area contributed by atoms with Gasteiger partial charge in [0.15, 0.2) is 0 Å². The molecule has 1 heterocycles. The average molecular weight is 487 g/mol. The molecule has 0 radical (unpaired) electrons. The molecule has 0 saturated carbocycles. The van der Waals surface area contributed by atoms with Crippen LogP contribution in [0.15, 0.2) is 121 Å². The maximum atomic E-state index is 6.55. The highest BCUT2D eigenvalue weighted by molar-refractivity contribution is 6.14. The van der Waals surface area contributed by atoms with E-state index in [1.165, 1.54) is 60.8 Å². The first-order valence-electron chi connectivity index (χ1n) is 13.3. The first kappa shape index (κ1) is 21.5. The van der Waals surface area contributed by atoms with Gasteiger partial charge < -0.3 is 4.74 Å². The predicted molar refractivity (Wildman–Crippen MR) is 158 cm³/mol. The summed E-state index contributed by atoms with van der Waals surface area (Å²) in [6.07, 6.45) is 0. The Labute approximate surface area is 223 Å². The van der Waals surface area contributed by atoms with Crippen molar-refractivity contribution in [3.63, 3.8) is 0 Å². The fourth-order valence-corrected chi connectivity index (χ4v) is 6.66. The fourth-order valence-electron chi connectivity index (χ4n) is 6.66. The lowest BCUT2D eigenvalue weighted by molar-refractivity contribution is 0.487. The third kappa shape index (κ3) is 2.87. The van der Waals surface area contributed by atoms with E-state index < -0.39 is 0 Å². The molecule has 38 heavy (non-hydrogen) atoms. The molecule has 180 valence electrons. The second-order valence-corrected chi connectivity index (χ2v) is 10.9. The van der Waals surface area contributed by atoms with Gasteiger partial charge in [-0.1, -0.05) is 117 Å². The van der Waals surface area contributed by atoms with Crippen molar-refractivity contribution in [2.45, 2.75) is 19.3 Å². The van der Waals surface area contributed by atoms with Crippen molar-refractivity contribution < 1.29 is 4.74 Å². The van der Waals surface area contributed by atoms with Crippen LogP contribution in [0.4, 0.5) is 0 Å². The molecule has 0 aromatic heterocycles. The number of rotatable bonds is 2. The molecular formula is C37H26O. The molecule has 0 unspecified atom stereocenters. The van der Waals surface area contributed by atoms with Gasteiger partial charge in [0.2, 0.25) is 0 Å². The molecule has 0 amide bonds. The Morgan fingerprint density at radius 3 is 2.05 bits per heavy atom. The van der Waals surface area contributed by atoms with Crippen LogP contribution in [0.2, 0.25) is 0 Å². The molecule has 6 aromatic carbocycles. The maximum absolute atomic E-state index is 6.55. The maximum Gasteiger partial charge on any atom is 0.136 e. The van der Waals surface area contributed by atoms with Gasteiger partial charge in [-0.05, 0) is 73.7 Å². The van der Waals surface area contributed by atoms with E-state index in [0.29, 0.717) is 0 Å². The van der Waals surface area contributed by atoms with Gasteiger partial charge in [-0.15, -0.1) is 0 Å². The zero-order chi connectivity index (χ0) is 25.4. The molecule has 6 aromatic rings. The summed E-state index contributed by atoms with van der Waals surface area (Å²) in [6.45, 7) is 4.70. The Morgan fingerprint density at radius 1 is 0.474 bits per heavy atom. The molecule has 1 heteroatoms. The summed E-state index contributed by atoms with van der Waals surface area (Å²) in [6, 6.07) is 43.9. The van der Waals surface area contributed by atoms with E-state index in [0.717, 1.165) is 17.1 Å². The second-order valence-electron chi connectivity index (χ2n) is 10.9. The number of hydrogen-bond donors (Lipinski definition) is 0. The third-order valence-electron chi connectivity index (χ3n) is 8.48. The summed E-state index contributed by atoms with van der Waals surface area (Å²) in [5, 5.41) is 2.41. The summed E-state index contributed by atoms with van der Waals surface area (Å²) in [5.41, 5.74) is 12.7. The van der Waals surface area contributed by atoms with E-state index in [4.69, 9.17) is 4.74 Å². The Balaban J connectivity index is 1.46. The van der Waals surface area contributed by atoms with Crippen LogP contribution < -0.4 is 4.74 Å². The van der Waals surface area contributed by atoms with E-state index in [1.807, 2.05) is 6.07 Å². The minimum Gasteiger partial charge on any atom is -0.456 e. The van der Waals surface area contributed by atoms with E-state index in [9.17, 15) is 0 Å². The van der Waals surface area contributed by atoms with E-state index in [1.54, 1.807) is 0 Å². The molecule has 0 bridgehead atoms. The van der Waals surface area contributed by atoms with Crippen LogP contribution in [0, 0.1) is 0 Å². The van der Waals surface area contributed by atoms with E-state index in [2.05, 4.69) is 129 Å². The molecule has 1 aliphatic carbocycles. The minimum absolute atomic E-state index is 0.0523. The van der Waals surface area contributed by atoms with Gasteiger partial charge in [0, 0.05) is 16.4 Å². The number of benzene rings is 6. The van der Waals surface area contributed by atoms with Gasteiger partial charge >= 0.3 is 0 Å². The fraction of sp³-hybridized carbons (Fsp3) is 0.0811. The molecule has 0 atom stereocenters. The first-order valence-corrected chi connectivity index (χ1v) is 13.3. The van der Waals surface area contributed by atoms with Crippen LogP contribution >= 0.6 is 0 Å². The lowest BCUT2D eigenvalue weighted by Crippen LogP contribution is -2.14. The molecule has 0 saturated heterocycles. The van der Waals surface area contributed by atoms with Gasteiger partial charge in [0.1, 0.15) is 11.5 Å². The lowest BCUT2D eigenvalue weighted by atomic mass is 9.80. The molecule has 1 aliphatic heterocycles. The summed E-state index contributed by atoms with van der Waals surface area (Å²) in [7, 11) is 0. The Morgan fingerprint density at radius 2 is 1.18 bits per heavy atom. The molecule has 8 rings (SSSR count). The largest absolute Gasteiger partial charge is 0.456 e. The number of fused-ring (bicyclic) bond motifs is 5. The van der Waals surface area contributed by atoms with Crippen molar-refractivity contribution in [1.82, 2.24) is 0 Å². The van der Waals surface area contributed by atoms with Gasteiger partial charge in [-0.2, -0.15) is 0 Å². The lowest BCUT2D eigenvalue weighted by Gasteiger charge is -2.26. The monoisotopic (exact) mass is 486 g/mol. The van der Waals surface area contributed by atoms with Crippen molar-refractivity contribution in [3.05, 3.63) is 132 Å². The molecule has 0 spiro atoms. The highest BCUT2D eigenvalue weighted by Gasteiger charge is 2.35. The Hall–Kier alpha value is -4.62. The minimum atomic E-state index is -0.0523. The SMILES string of the molecule is CC1(C)c2ccccc2-c2ccc(-c3c(-c4ccccc4)cc4c5c(cccc35)-c3ccccc3O4)cc21. The van der Waals surface area contributed by atoms with Crippen molar-refractivity contribution in [3.8, 4) is 56.0 Å². The quantitative estimate of drug-likeness (QED) is 0.236. The standard InChI is InChI=1S/C37H26O/c1-37(2)31-17-8-6-13-25(31)26-20-19-24(21-32(26)37)35-29-16-10-15-28-27-14-7-9-18-33(27)38-34(36(28)29)22-30(35)23-11-4-3-5-12-23/h3-22H,1-2H3. The zero-order valence-corrected chi connectivity index (χ0v) is 21.5. The molecule has 0 N–H and O–H groups in total. The summed E-state index contributed by atoms with van der Waals surface area (Å²) in [4.78, 5) is 0. The molecule has 0 fully saturated rings. The van der Waals surface area contributed by atoms with Crippen molar-refractivity contribution in [2.24, 2.45) is 0 Å². The van der Waals surface area contributed by atoms with Crippen LogP contribution in [-0.2, 0) is 5.41 Å². The highest BCUT2D eigenvalue weighted by atomic mass is 16.5. The van der Waals surface area contributed by atoms with Gasteiger partial charge in [-0.25, -0.2) is 0 Å². The average Bonchev–Trinajstić information content (AvgIpc) is 3.19. The van der Waals surface area contributed by atoms with Crippen LogP contribution in [0.1, 0.15) is 25.0 Å². The van der Waals surface area contributed by atoms with Gasteiger partial charge in [0.25, 0.3) is 0 Å². The number of hydrogen-bond acceptors (Lipinski definition) is 1. The summed E-state index contributed by atoms with van der Waals surface area (Å²) in [5.74, 6) is 1.84. The zero-order valence-electron chi connectivity index (χ0n) is 21.5. The van der Waals surface area contributed by atoms with E-state index >= 15 is 0 Å². The van der Waals surface area contributed by atoms with Crippen molar-refractivity contribution in [2.75, 3.05) is 0 Å². The van der Waals surface area contributed by atoms with Crippen LogP contribution in [0.25, 0.3) is 55.3 Å².